The van der Waals surface area contributed by atoms with Gasteiger partial charge in [0.05, 0.1) is 16.8 Å². The first kappa shape index (κ1) is 21.1. The number of halogens is 2. The number of primary amides is 1. The SMILES string of the molecule is COP(=O)(c1cc(C)cc(/C=C/C#N)c1)C1c2c(ccc(Cl)c2F)NC1C(N)=O. The Morgan fingerprint density at radius 2 is 2.14 bits per heavy atom. The third-order valence-electron chi connectivity index (χ3n) is 4.79. The fourth-order valence-corrected chi connectivity index (χ4v) is 6.41. The summed E-state index contributed by atoms with van der Waals surface area (Å²) in [5.74, 6) is -1.57. The maximum Gasteiger partial charge on any atom is 0.241 e. The lowest BCUT2D eigenvalue weighted by Gasteiger charge is -2.27. The highest BCUT2D eigenvalue weighted by Crippen LogP contribution is 2.64. The molecule has 1 heterocycles. The number of nitrogens with two attached hydrogens (primary N) is 1. The number of benzene rings is 2. The molecule has 150 valence electrons. The Kier molecular flexibility index (Phi) is 5.81. The van der Waals surface area contributed by atoms with Gasteiger partial charge in [-0.25, -0.2) is 4.39 Å². The summed E-state index contributed by atoms with van der Waals surface area (Å²) in [5, 5.41) is 11.7. The predicted molar refractivity (Wildman–Crippen MR) is 111 cm³/mol. The van der Waals surface area contributed by atoms with E-state index >= 15 is 0 Å². The number of hydrogen-bond acceptors (Lipinski definition) is 5. The number of nitrogens with zero attached hydrogens (tertiary/aromatic N) is 1. The van der Waals surface area contributed by atoms with E-state index < -0.39 is 30.8 Å². The molecule has 0 saturated carbocycles. The molecule has 0 spiro atoms. The van der Waals surface area contributed by atoms with Crippen LogP contribution in [-0.4, -0.2) is 19.1 Å². The second-order valence-corrected chi connectivity index (χ2v) is 9.67. The van der Waals surface area contributed by atoms with E-state index in [9.17, 15) is 13.8 Å². The van der Waals surface area contributed by atoms with Gasteiger partial charge in [0.25, 0.3) is 0 Å². The number of hydrogen-bond donors (Lipinski definition) is 2. The Balaban J connectivity index is 2.26. The van der Waals surface area contributed by atoms with Crippen LogP contribution in [0.15, 0.2) is 36.4 Å². The quantitative estimate of drug-likeness (QED) is 0.549. The maximum atomic E-state index is 14.9. The first-order valence-corrected chi connectivity index (χ1v) is 10.7. The Labute approximate surface area is 172 Å². The van der Waals surface area contributed by atoms with E-state index in [0.29, 0.717) is 5.56 Å². The number of carbonyl (C=O) groups is 1. The number of fused-ring (bicyclic) bond motifs is 1. The Hall–Kier alpha value is -2.65. The van der Waals surface area contributed by atoms with Crippen molar-refractivity contribution < 1.29 is 18.3 Å². The van der Waals surface area contributed by atoms with Gasteiger partial charge in [-0.2, -0.15) is 5.26 Å². The van der Waals surface area contributed by atoms with E-state index in [2.05, 4.69) is 5.32 Å². The smallest absolute Gasteiger partial charge is 0.241 e. The predicted octanol–water partition coefficient (Wildman–Crippen LogP) is 3.89. The van der Waals surface area contributed by atoms with Crippen molar-refractivity contribution in [3.63, 3.8) is 0 Å². The molecule has 3 atom stereocenters. The molecule has 0 bridgehead atoms. The van der Waals surface area contributed by atoms with E-state index in [1.807, 2.05) is 6.07 Å². The lowest BCUT2D eigenvalue weighted by Crippen LogP contribution is -2.37. The molecular formula is C20H18ClFN3O3P. The largest absolute Gasteiger partial charge is 0.372 e. The molecular weight excluding hydrogens is 416 g/mol. The van der Waals surface area contributed by atoms with E-state index in [1.54, 1.807) is 31.2 Å². The normalized spacial score (nSPS) is 20.0. The van der Waals surface area contributed by atoms with Gasteiger partial charge in [-0.05, 0) is 48.4 Å². The molecule has 0 aromatic heterocycles. The molecule has 2 aromatic rings. The zero-order valence-electron chi connectivity index (χ0n) is 15.6. The molecule has 3 unspecified atom stereocenters. The number of carbonyl (C=O) groups excluding carboxylic acids is 1. The maximum absolute atomic E-state index is 14.9. The van der Waals surface area contributed by atoms with Crippen LogP contribution in [0, 0.1) is 24.1 Å². The highest BCUT2D eigenvalue weighted by molar-refractivity contribution is 7.67. The van der Waals surface area contributed by atoms with Crippen LogP contribution in [0.2, 0.25) is 5.02 Å². The molecule has 3 rings (SSSR count). The number of amides is 1. The highest BCUT2D eigenvalue weighted by atomic mass is 35.5. The first-order valence-electron chi connectivity index (χ1n) is 8.60. The molecule has 1 aliphatic rings. The average Bonchev–Trinajstić information content (AvgIpc) is 3.09. The molecule has 0 saturated heterocycles. The fraction of sp³-hybridized carbons (Fsp3) is 0.200. The number of aryl methyl sites for hydroxylation is 1. The summed E-state index contributed by atoms with van der Waals surface area (Å²) < 4.78 is 34.5. The summed E-state index contributed by atoms with van der Waals surface area (Å²) in [6.07, 6.45) is 2.84. The summed E-state index contributed by atoms with van der Waals surface area (Å²) in [5.41, 5.74) is 5.99. The van der Waals surface area contributed by atoms with E-state index in [4.69, 9.17) is 27.1 Å². The minimum Gasteiger partial charge on any atom is -0.372 e. The Morgan fingerprint density at radius 1 is 1.41 bits per heavy atom. The lowest BCUT2D eigenvalue weighted by molar-refractivity contribution is -0.118. The van der Waals surface area contributed by atoms with Crippen LogP contribution in [0.4, 0.5) is 10.1 Å². The molecule has 29 heavy (non-hydrogen) atoms. The van der Waals surface area contributed by atoms with Gasteiger partial charge in [0.2, 0.25) is 13.3 Å². The Morgan fingerprint density at radius 3 is 2.76 bits per heavy atom. The molecule has 0 fully saturated rings. The fourth-order valence-electron chi connectivity index (χ4n) is 3.57. The summed E-state index contributed by atoms with van der Waals surface area (Å²) in [6, 6.07) is 8.62. The number of rotatable bonds is 5. The van der Waals surface area contributed by atoms with Crippen molar-refractivity contribution in [3.05, 3.63) is 63.9 Å². The molecule has 1 amide bonds. The monoisotopic (exact) mass is 433 g/mol. The van der Waals surface area contributed by atoms with Crippen LogP contribution >= 0.6 is 19.0 Å². The third kappa shape index (κ3) is 3.67. The zero-order chi connectivity index (χ0) is 21.3. The molecule has 0 aliphatic carbocycles. The lowest BCUT2D eigenvalue weighted by atomic mass is 10.1. The van der Waals surface area contributed by atoms with Gasteiger partial charge in [-0.15, -0.1) is 0 Å². The van der Waals surface area contributed by atoms with Crippen molar-refractivity contribution in [2.45, 2.75) is 18.6 Å². The van der Waals surface area contributed by atoms with Crippen LogP contribution in [0.25, 0.3) is 6.08 Å². The first-order chi connectivity index (χ1) is 13.7. The van der Waals surface area contributed by atoms with Crippen LogP contribution in [0.1, 0.15) is 22.3 Å². The van der Waals surface area contributed by atoms with E-state index in [0.717, 1.165) is 5.56 Å². The van der Waals surface area contributed by atoms with Crippen molar-refractivity contribution in [2.75, 3.05) is 12.4 Å². The summed E-state index contributed by atoms with van der Waals surface area (Å²) >= 11 is 5.94. The second-order valence-electron chi connectivity index (χ2n) is 6.64. The minimum absolute atomic E-state index is 0.00195. The summed E-state index contributed by atoms with van der Waals surface area (Å²) in [4.78, 5) is 12.1. The van der Waals surface area contributed by atoms with Gasteiger partial charge < -0.3 is 15.6 Å². The van der Waals surface area contributed by atoms with Crippen LogP contribution in [0.5, 0.6) is 0 Å². The van der Waals surface area contributed by atoms with Gasteiger partial charge >= 0.3 is 0 Å². The van der Waals surface area contributed by atoms with Crippen LogP contribution in [-0.2, 0) is 13.9 Å². The number of nitrogens with one attached hydrogen (secondary N) is 1. The molecule has 0 radical (unpaired) electrons. The molecule has 2 aromatic carbocycles. The molecule has 6 nitrogen and oxygen atoms in total. The zero-order valence-corrected chi connectivity index (χ0v) is 17.3. The Bertz CT molecular complexity index is 1110. The van der Waals surface area contributed by atoms with Crippen molar-refractivity contribution in [3.8, 4) is 6.07 Å². The van der Waals surface area contributed by atoms with Crippen molar-refractivity contribution >= 4 is 41.9 Å². The molecule has 9 heteroatoms. The van der Waals surface area contributed by atoms with E-state index in [1.165, 1.54) is 25.3 Å². The van der Waals surface area contributed by atoms with Gasteiger partial charge in [0.15, 0.2) is 0 Å². The number of allylic oxidation sites excluding steroid dienone is 1. The van der Waals surface area contributed by atoms with E-state index in [-0.39, 0.29) is 21.6 Å². The van der Waals surface area contributed by atoms with Gasteiger partial charge in [0.1, 0.15) is 11.9 Å². The van der Waals surface area contributed by atoms with Crippen molar-refractivity contribution in [2.24, 2.45) is 5.73 Å². The summed E-state index contributed by atoms with van der Waals surface area (Å²) in [6.45, 7) is 1.79. The second kappa shape index (κ2) is 8.00. The number of anilines is 1. The molecule has 1 aliphatic heterocycles. The highest BCUT2D eigenvalue weighted by Gasteiger charge is 2.50. The van der Waals surface area contributed by atoms with Crippen molar-refractivity contribution in [1.29, 1.82) is 5.26 Å². The standard InChI is InChI=1S/C20H18ClFN3O3P/c1-11-8-12(4-3-7-23)10-13(9-11)29(27,28-2)19-16-15(25-18(19)20(24)26)6-5-14(21)17(16)22/h3-6,8-10,18-19,25H,1-2H3,(H2,24,26)/b4-3+. The number of nitriles is 1. The third-order valence-corrected chi connectivity index (χ3v) is 7.89. The molecule has 3 N–H and O–H groups in total. The van der Waals surface area contributed by atoms with Crippen LogP contribution in [0.3, 0.4) is 0 Å². The summed E-state index contributed by atoms with van der Waals surface area (Å²) in [7, 11) is -2.61. The van der Waals surface area contributed by atoms with Crippen LogP contribution < -0.4 is 16.4 Å². The topological polar surface area (TPSA) is 105 Å². The van der Waals surface area contributed by atoms with Crippen molar-refractivity contribution in [1.82, 2.24) is 0 Å². The van der Waals surface area contributed by atoms with Gasteiger partial charge in [-0.3, -0.25) is 9.36 Å². The minimum atomic E-state index is -3.85. The van der Waals surface area contributed by atoms with Gasteiger partial charge in [-0.1, -0.05) is 17.7 Å². The van der Waals surface area contributed by atoms with Gasteiger partial charge in [0, 0.05) is 29.7 Å². The average molecular weight is 434 g/mol.